The van der Waals surface area contributed by atoms with E-state index in [0.717, 1.165) is 23.7 Å². The number of anilines is 1. The Morgan fingerprint density at radius 3 is 2.54 bits per heavy atom. The molecule has 0 saturated carbocycles. The van der Waals surface area contributed by atoms with Crippen LogP contribution in [-0.4, -0.2) is 85.1 Å². The minimum Gasteiger partial charge on any atom is -0.497 e. The highest BCUT2D eigenvalue weighted by atomic mass is 32.2. The van der Waals surface area contributed by atoms with Crippen molar-refractivity contribution in [2.75, 3.05) is 64.2 Å². The van der Waals surface area contributed by atoms with Crippen molar-refractivity contribution in [2.24, 2.45) is 0 Å². The van der Waals surface area contributed by atoms with Gasteiger partial charge < -0.3 is 19.5 Å². The van der Waals surface area contributed by atoms with Crippen LogP contribution in [0.4, 0.5) is 5.69 Å². The van der Waals surface area contributed by atoms with E-state index in [-0.39, 0.29) is 11.6 Å². The van der Waals surface area contributed by atoms with Crippen molar-refractivity contribution in [3.63, 3.8) is 0 Å². The number of methoxy groups -OCH3 is 2. The molecule has 0 aliphatic carbocycles. The molecule has 1 atom stereocenters. The number of amides is 1. The van der Waals surface area contributed by atoms with Crippen molar-refractivity contribution in [3.8, 4) is 11.5 Å². The Morgan fingerprint density at radius 1 is 1.29 bits per heavy atom. The molecule has 1 heterocycles. The van der Waals surface area contributed by atoms with Crippen molar-refractivity contribution in [1.82, 2.24) is 10.2 Å². The van der Waals surface area contributed by atoms with E-state index in [9.17, 15) is 13.2 Å². The van der Waals surface area contributed by atoms with Crippen LogP contribution in [0.15, 0.2) is 18.2 Å². The first-order chi connectivity index (χ1) is 13.3. The highest BCUT2D eigenvalue weighted by molar-refractivity contribution is 7.92. The summed E-state index contributed by atoms with van der Waals surface area (Å²) >= 11 is 0. The number of carbonyl (C=O) groups excluding carboxylic acids is 1. The van der Waals surface area contributed by atoms with Crippen molar-refractivity contribution in [3.05, 3.63) is 18.2 Å². The largest absolute Gasteiger partial charge is 0.497 e. The molecular weight excluding hydrogens is 386 g/mol. The summed E-state index contributed by atoms with van der Waals surface area (Å²) in [6, 6.07) is 3.85. The van der Waals surface area contributed by atoms with Gasteiger partial charge in [0.25, 0.3) is 0 Å². The Bertz CT molecular complexity index is 765. The van der Waals surface area contributed by atoms with E-state index >= 15 is 0 Å². The Hall–Kier alpha value is -2.04. The van der Waals surface area contributed by atoms with Gasteiger partial charge in [0, 0.05) is 32.2 Å². The molecule has 9 nitrogen and oxygen atoms in total. The molecule has 1 fully saturated rings. The number of hydrogen-bond donors (Lipinski definition) is 1. The summed E-state index contributed by atoms with van der Waals surface area (Å²) in [6.45, 7) is 5.66. The fraction of sp³-hybridized carbons (Fsp3) is 0.611. The maximum atomic E-state index is 12.7. The van der Waals surface area contributed by atoms with Gasteiger partial charge in [0.1, 0.15) is 17.5 Å². The first-order valence-corrected chi connectivity index (χ1v) is 10.9. The summed E-state index contributed by atoms with van der Waals surface area (Å²) in [4.78, 5) is 14.9. The van der Waals surface area contributed by atoms with Crippen LogP contribution < -0.4 is 19.1 Å². The summed E-state index contributed by atoms with van der Waals surface area (Å²) in [7, 11) is -0.828. The summed E-state index contributed by atoms with van der Waals surface area (Å²) in [5.74, 6) is 0.409. The van der Waals surface area contributed by atoms with Crippen LogP contribution >= 0.6 is 0 Å². The average molecular weight is 416 g/mol. The molecule has 0 radical (unpaired) electrons. The highest BCUT2D eigenvalue weighted by Crippen LogP contribution is 2.35. The number of sulfonamides is 1. The monoisotopic (exact) mass is 415 g/mol. The topological polar surface area (TPSA) is 97.4 Å². The lowest BCUT2D eigenvalue weighted by molar-refractivity contribution is -0.121. The van der Waals surface area contributed by atoms with Crippen LogP contribution in [0.1, 0.15) is 6.92 Å². The van der Waals surface area contributed by atoms with Crippen molar-refractivity contribution < 1.29 is 27.4 Å². The number of carbonyl (C=O) groups is 1. The minimum absolute atomic E-state index is 0.250. The predicted molar refractivity (Wildman–Crippen MR) is 107 cm³/mol. The van der Waals surface area contributed by atoms with Gasteiger partial charge >= 0.3 is 0 Å². The zero-order valence-electron chi connectivity index (χ0n) is 16.8. The fourth-order valence-electron chi connectivity index (χ4n) is 3.06. The molecule has 1 aromatic carbocycles. The molecule has 0 unspecified atom stereocenters. The molecule has 1 aliphatic rings. The Morgan fingerprint density at radius 2 is 1.96 bits per heavy atom. The quantitative estimate of drug-likeness (QED) is 0.620. The van der Waals surface area contributed by atoms with Crippen LogP contribution in [0.3, 0.4) is 0 Å². The third-order valence-electron chi connectivity index (χ3n) is 4.54. The Balaban J connectivity index is 2.15. The van der Waals surface area contributed by atoms with E-state index in [1.165, 1.54) is 20.3 Å². The number of morpholine rings is 1. The van der Waals surface area contributed by atoms with Gasteiger partial charge in [-0.15, -0.1) is 0 Å². The SMILES string of the molecule is COc1ccc(OC)c(N([C@H](C)C(=O)NCCN2CCOCC2)S(C)(=O)=O)c1. The molecule has 1 amide bonds. The van der Waals surface area contributed by atoms with Crippen LogP contribution in [0, 0.1) is 0 Å². The Labute approximate surface area is 166 Å². The maximum Gasteiger partial charge on any atom is 0.243 e. The van der Waals surface area contributed by atoms with E-state index in [4.69, 9.17) is 14.2 Å². The van der Waals surface area contributed by atoms with Gasteiger partial charge in [-0.2, -0.15) is 0 Å². The molecule has 1 saturated heterocycles. The molecule has 0 bridgehead atoms. The standard InChI is InChI=1S/C18H29N3O6S/c1-14(18(22)19-7-8-20-9-11-27-12-10-20)21(28(4,23)24)16-13-15(25-2)5-6-17(16)26-3/h5-6,13-14H,7-12H2,1-4H3,(H,19,22)/t14-/m1/s1. The smallest absolute Gasteiger partial charge is 0.243 e. The van der Waals surface area contributed by atoms with Crippen LogP contribution in [-0.2, 0) is 19.6 Å². The predicted octanol–water partition coefficient (Wildman–Crippen LogP) is 0.307. The molecule has 2 rings (SSSR count). The zero-order chi connectivity index (χ0) is 20.7. The van der Waals surface area contributed by atoms with E-state index in [1.807, 2.05) is 0 Å². The normalized spacial score (nSPS) is 16.3. The third kappa shape index (κ3) is 5.73. The number of nitrogens with zero attached hydrogens (tertiary/aromatic N) is 2. The number of benzene rings is 1. The van der Waals surface area contributed by atoms with Gasteiger partial charge in [0.15, 0.2) is 0 Å². The molecule has 28 heavy (non-hydrogen) atoms. The van der Waals surface area contributed by atoms with Crippen molar-refractivity contribution in [1.29, 1.82) is 0 Å². The number of rotatable bonds is 9. The Kier molecular flexibility index (Phi) is 7.90. The van der Waals surface area contributed by atoms with Crippen molar-refractivity contribution in [2.45, 2.75) is 13.0 Å². The van der Waals surface area contributed by atoms with E-state index in [1.54, 1.807) is 19.1 Å². The third-order valence-corrected chi connectivity index (χ3v) is 5.77. The molecule has 1 N–H and O–H groups in total. The average Bonchev–Trinajstić information content (AvgIpc) is 2.67. The van der Waals surface area contributed by atoms with Gasteiger partial charge in [0.05, 0.1) is 39.4 Å². The highest BCUT2D eigenvalue weighted by Gasteiger charge is 2.31. The lowest BCUT2D eigenvalue weighted by Crippen LogP contribution is -2.49. The van der Waals surface area contributed by atoms with Gasteiger partial charge in [-0.25, -0.2) is 8.42 Å². The van der Waals surface area contributed by atoms with Crippen LogP contribution in [0.25, 0.3) is 0 Å². The number of hydrogen-bond acceptors (Lipinski definition) is 7. The summed E-state index contributed by atoms with van der Waals surface area (Å²) in [5, 5.41) is 2.82. The number of ether oxygens (including phenoxy) is 3. The second-order valence-electron chi connectivity index (χ2n) is 6.52. The van der Waals surface area contributed by atoms with Crippen molar-refractivity contribution >= 4 is 21.6 Å². The molecule has 10 heteroatoms. The first-order valence-electron chi connectivity index (χ1n) is 9.07. The van der Waals surface area contributed by atoms with Gasteiger partial charge in [-0.05, 0) is 19.1 Å². The minimum atomic E-state index is -3.76. The second-order valence-corrected chi connectivity index (χ2v) is 8.38. The molecule has 1 aliphatic heterocycles. The second kappa shape index (κ2) is 9.94. The molecule has 0 spiro atoms. The van der Waals surface area contributed by atoms with E-state index in [0.29, 0.717) is 37.8 Å². The van der Waals surface area contributed by atoms with E-state index in [2.05, 4.69) is 10.2 Å². The maximum absolute atomic E-state index is 12.7. The van der Waals surface area contributed by atoms with Crippen LogP contribution in [0.2, 0.25) is 0 Å². The molecular formula is C18H29N3O6S. The number of nitrogens with one attached hydrogen (secondary N) is 1. The van der Waals surface area contributed by atoms with Gasteiger partial charge in [-0.1, -0.05) is 0 Å². The lowest BCUT2D eigenvalue weighted by Gasteiger charge is -2.30. The summed E-state index contributed by atoms with van der Waals surface area (Å²) in [6.07, 6.45) is 1.06. The van der Waals surface area contributed by atoms with Crippen LogP contribution in [0.5, 0.6) is 11.5 Å². The zero-order valence-corrected chi connectivity index (χ0v) is 17.6. The molecule has 158 valence electrons. The molecule has 0 aromatic heterocycles. The van der Waals surface area contributed by atoms with Gasteiger partial charge in [-0.3, -0.25) is 14.0 Å². The first kappa shape index (κ1) is 22.3. The molecule has 1 aromatic rings. The summed E-state index contributed by atoms with van der Waals surface area (Å²) in [5.41, 5.74) is 0.250. The van der Waals surface area contributed by atoms with Gasteiger partial charge in [0.2, 0.25) is 15.9 Å². The summed E-state index contributed by atoms with van der Waals surface area (Å²) < 4.78 is 41.8. The lowest BCUT2D eigenvalue weighted by atomic mass is 10.2. The van der Waals surface area contributed by atoms with E-state index < -0.39 is 16.1 Å². The fourth-order valence-corrected chi connectivity index (χ4v) is 4.23.